The Balaban J connectivity index is 1.49. The largest absolute Gasteiger partial charge is 0.450 e. The Hall–Kier alpha value is -5.15. The molecular weight excluding hydrogens is 466 g/mol. The third-order valence-electron chi connectivity index (χ3n) is 6.84. The highest BCUT2D eigenvalue weighted by Gasteiger charge is 2.24. The average Bonchev–Trinajstić information content (AvgIpc) is 3.64. The second kappa shape index (κ2) is 9.38. The predicted molar refractivity (Wildman–Crippen MR) is 153 cm³/mol. The summed E-state index contributed by atoms with van der Waals surface area (Å²) in [5, 5.41) is 1.98. The van der Waals surface area contributed by atoms with E-state index in [1.807, 2.05) is 54.6 Å². The molecule has 0 saturated carbocycles. The first-order valence-electron chi connectivity index (χ1n) is 12.6. The molecule has 0 amide bonds. The van der Waals surface area contributed by atoms with Gasteiger partial charge < -0.3 is 8.83 Å². The minimum absolute atomic E-state index is 0.463. The third-order valence-corrected chi connectivity index (χ3v) is 6.84. The zero-order chi connectivity index (χ0) is 25.3. The molecule has 0 aliphatic carbocycles. The lowest BCUT2D eigenvalue weighted by molar-refractivity contribution is 0.534. The van der Waals surface area contributed by atoms with Crippen LogP contribution in [0.3, 0.4) is 0 Å². The van der Waals surface area contributed by atoms with Crippen molar-refractivity contribution in [3.63, 3.8) is 0 Å². The van der Waals surface area contributed by atoms with Crippen molar-refractivity contribution in [1.82, 2.24) is 4.98 Å². The Morgan fingerprint density at radius 1 is 0.421 bits per heavy atom. The zero-order valence-corrected chi connectivity index (χ0v) is 20.5. The van der Waals surface area contributed by atoms with Gasteiger partial charge in [-0.3, -0.25) is 0 Å². The van der Waals surface area contributed by atoms with E-state index in [2.05, 4.69) is 83.8 Å². The fourth-order valence-corrected chi connectivity index (χ4v) is 5.06. The highest BCUT2D eigenvalue weighted by molar-refractivity contribution is 6.07. The van der Waals surface area contributed by atoms with E-state index in [-0.39, 0.29) is 0 Å². The van der Waals surface area contributed by atoms with E-state index in [4.69, 9.17) is 8.83 Å². The molecule has 2 heterocycles. The zero-order valence-electron chi connectivity index (χ0n) is 20.5. The van der Waals surface area contributed by atoms with Crippen molar-refractivity contribution in [2.45, 2.75) is 0 Å². The van der Waals surface area contributed by atoms with Gasteiger partial charge in [0.05, 0.1) is 6.20 Å². The van der Waals surface area contributed by atoms with E-state index >= 15 is 0 Å². The molecule has 2 aromatic heterocycles. The molecule has 0 aliphatic rings. The van der Waals surface area contributed by atoms with Gasteiger partial charge in [0.2, 0.25) is 0 Å². The molecule has 0 fully saturated rings. The molecule has 0 saturated heterocycles. The molecule has 0 aliphatic heterocycles. The first kappa shape index (κ1) is 22.1. The summed E-state index contributed by atoms with van der Waals surface area (Å²) in [4.78, 5) is 4.62. The first-order chi connectivity index (χ1) is 18.9. The van der Waals surface area contributed by atoms with Crippen molar-refractivity contribution in [2.24, 2.45) is 0 Å². The number of furan rings is 1. The molecule has 0 bridgehead atoms. The average molecular weight is 490 g/mol. The molecule has 38 heavy (non-hydrogen) atoms. The number of nitrogens with zero attached hydrogens (tertiary/aromatic N) is 1. The monoisotopic (exact) mass is 489 g/mol. The van der Waals surface area contributed by atoms with Gasteiger partial charge in [-0.05, 0) is 22.3 Å². The van der Waals surface area contributed by atoms with Gasteiger partial charge in [-0.1, -0.05) is 133 Å². The second-order valence-electron chi connectivity index (χ2n) is 9.16. The van der Waals surface area contributed by atoms with Crippen molar-refractivity contribution in [3.05, 3.63) is 140 Å². The molecular formula is C35H23NO2. The summed E-state index contributed by atoms with van der Waals surface area (Å²) in [6, 6.07) is 45.6. The number of hydrogen-bond acceptors (Lipinski definition) is 3. The van der Waals surface area contributed by atoms with E-state index in [1.54, 1.807) is 6.20 Å². The van der Waals surface area contributed by atoms with Crippen LogP contribution >= 0.6 is 0 Å². The van der Waals surface area contributed by atoms with Gasteiger partial charge in [0.1, 0.15) is 5.76 Å². The van der Waals surface area contributed by atoms with E-state index < -0.39 is 0 Å². The topological polar surface area (TPSA) is 39.2 Å². The van der Waals surface area contributed by atoms with Crippen molar-refractivity contribution in [3.8, 4) is 56.6 Å². The van der Waals surface area contributed by atoms with Crippen molar-refractivity contribution in [1.29, 1.82) is 0 Å². The summed E-state index contributed by atoms with van der Waals surface area (Å²) in [5.41, 5.74) is 6.49. The number of hydrogen-bond donors (Lipinski definition) is 0. The molecule has 7 aromatic rings. The lowest BCUT2D eigenvalue weighted by Gasteiger charge is -2.14. The van der Waals surface area contributed by atoms with Crippen LogP contribution in [-0.2, 0) is 0 Å². The van der Waals surface area contributed by atoms with Crippen LogP contribution in [0.5, 0.6) is 0 Å². The van der Waals surface area contributed by atoms with Gasteiger partial charge >= 0.3 is 0 Å². The Morgan fingerprint density at radius 3 is 1.50 bits per heavy atom. The SMILES string of the molecule is c1ccc(-c2cnc(-c3oc(-c4c(-c5ccccc5)cccc4-c4ccccc4)c4ccccc34)o2)cc1. The molecule has 5 aromatic carbocycles. The van der Waals surface area contributed by atoms with Crippen LogP contribution in [0.4, 0.5) is 0 Å². The maximum absolute atomic E-state index is 6.75. The van der Waals surface area contributed by atoms with E-state index in [0.29, 0.717) is 17.4 Å². The third kappa shape index (κ3) is 3.82. The molecule has 3 nitrogen and oxygen atoms in total. The van der Waals surface area contributed by atoms with E-state index in [1.165, 1.54) is 0 Å². The Kier molecular flexibility index (Phi) is 5.45. The molecule has 7 rings (SSSR count). The van der Waals surface area contributed by atoms with Gasteiger partial charge in [0.15, 0.2) is 11.5 Å². The molecule has 3 heteroatoms. The van der Waals surface area contributed by atoms with E-state index in [0.717, 1.165) is 49.9 Å². The Bertz CT molecular complexity index is 1790. The van der Waals surface area contributed by atoms with Crippen molar-refractivity contribution >= 4 is 10.8 Å². The van der Waals surface area contributed by atoms with Crippen LogP contribution in [0.25, 0.3) is 67.3 Å². The minimum Gasteiger partial charge on any atom is -0.450 e. The van der Waals surface area contributed by atoms with Gasteiger partial charge in [-0.25, -0.2) is 4.98 Å². The predicted octanol–water partition coefficient (Wildman–Crippen LogP) is 9.76. The number of aromatic nitrogens is 1. The summed E-state index contributed by atoms with van der Waals surface area (Å²) in [6.07, 6.45) is 1.76. The Morgan fingerprint density at radius 2 is 0.921 bits per heavy atom. The second-order valence-corrected chi connectivity index (χ2v) is 9.16. The van der Waals surface area contributed by atoms with Gasteiger partial charge in [-0.2, -0.15) is 0 Å². The highest BCUT2D eigenvalue weighted by Crippen LogP contribution is 2.46. The van der Waals surface area contributed by atoms with Gasteiger partial charge in [0, 0.05) is 21.9 Å². The van der Waals surface area contributed by atoms with Crippen LogP contribution < -0.4 is 0 Å². The lowest BCUT2D eigenvalue weighted by atomic mass is 9.89. The molecule has 0 radical (unpaired) electrons. The fourth-order valence-electron chi connectivity index (χ4n) is 5.06. The van der Waals surface area contributed by atoms with Crippen LogP contribution in [-0.4, -0.2) is 4.98 Å². The van der Waals surface area contributed by atoms with E-state index in [9.17, 15) is 0 Å². The summed E-state index contributed by atoms with van der Waals surface area (Å²) < 4.78 is 13.0. The summed E-state index contributed by atoms with van der Waals surface area (Å²) >= 11 is 0. The van der Waals surface area contributed by atoms with Crippen molar-refractivity contribution in [2.75, 3.05) is 0 Å². The van der Waals surface area contributed by atoms with Gasteiger partial charge in [0.25, 0.3) is 5.89 Å². The maximum Gasteiger partial charge on any atom is 0.264 e. The summed E-state index contributed by atoms with van der Waals surface area (Å²) in [6.45, 7) is 0. The quantitative estimate of drug-likeness (QED) is 0.241. The smallest absolute Gasteiger partial charge is 0.264 e. The maximum atomic E-state index is 6.75. The molecule has 0 spiro atoms. The highest BCUT2D eigenvalue weighted by atomic mass is 16.4. The number of fused-ring (bicyclic) bond motifs is 1. The van der Waals surface area contributed by atoms with Crippen molar-refractivity contribution < 1.29 is 8.83 Å². The first-order valence-corrected chi connectivity index (χ1v) is 12.6. The van der Waals surface area contributed by atoms with Crippen LogP contribution in [0.1, 0.15) is 0 Å². The van der Waals surface area contributed by atoms with Crippen LogP contribution in [0, 0.1) is 0 Å². The van der Waals surface area contributed by atoms with Crippen LogP contribution in [0.15, 0.2) is 148 Å². The molecule has 0 atom stereocenters. The molecule has 180 valence electrons. The lowest BCUT2D eigenvalue weighted by Crippen LogP contribution is -1.89. The standard InChI is InChI=1S/C35H23NO2/c1-4-13-24(14-5-1)27-21-12-22-28(25-15-6-2-7-16-25)32(27)33-29-19-10-11-20-30(29)34(38-33)35-36-23-31(37-35)26-17-8-3-9-18-26/h1-23H. The normalized spacial score (nSPS) is 11.2. The summed E-state index contributed by atoms with van der Waals surface area (Å²) in [5.74, 6) is 2.59. The number of benzene rings is 5. The molecule has 0 unspecified atom stereocenters. The minimum atomic E-state index is 0.463. The van der Waals surface area contributed by atoms with Crippen LogP contribution in [0.2, 0.25) is 0 Å². The Labute approximate surface area is 220 Å². The number of rotatable bonds is 5. The number of oxazole rings is 1. The summed E-state index contributed by atoms with van der Waals surface area (Å²) in [7, 11) is 0. The molecule has 0 N–H and O–H groups in total. The fraction of sp³-hybridized carbons (Fsp3) is 0. The van der Waals surface area contributed by atoms with Gasteiger partial charge in [-0.15, -0.1) is 0 Å².